The summed E-state index contributed by atoms with van der Waals surface area (Å²) in [5.41, 5.74) is 7.50. The third kappa shape index (κ3) is 6.68. The van der Waals surface area contributed by atoms with E-state index >= 15 is 0 Å². The van der Waals surface area contributed by atoms with Gasteiger partial charge in [0.25, 0.3) is 5.91 Å². The lowest BCUT2D eigenvalue weighted by Gasteiger charge is -2.28. The Bertz CT molecular complexity index is 1200. The van der Waals surface area contributed by atoms with Crippen molar-refractivity contribution in [3.63, 3.8) is 0 Å². The second kappa shape index (κ2) is 12.7. The van der Waals surface area contributed by atoms with Crippen LogP contribution in [0, 0.1) is 0 Å². The number of carbonyl (C=O) groups excluding carboxylic acids is 1. The molecule has 3 aromatic rings. The van der Waals surface area contributed by atoms with Gasteiger partial charge in [-0.2, -0.15) is 0 Å². The fourth-order valence-electron chi connectivity index (χ4n) is 4.20. The Morgan fingerprint density at radius 3 is 2.54 bits per heavy atom. The van der Waals surface area contributed by atoms with Crippen molar-refractivity contribution in [1.29, 1.82) is 0 Å². The molecule has 1 aliphatic heterocycles. The molecule has 0 aliphatic carbocycles. The maximum absolute atomic E-state index is 13.6. The Labute approximate surface area is 222 Å². The van der Waals surface area contributed by atoms with Crippen LogP contribution in [0.5, 0.6) is 5.75 Å². The zero-order valence-electron chi connectivity index (χ0n) is 20.8. The maximum atomic E-state index is 13.6. The third-order valence-corrected chi connectivity index (χ3v) is 6.69. The highest BCUT2D eigenvalue weighted by molar-refractivity contribution is 6.31. The second-order valence-electron chi connectivity index (χ2n) is 8.94. The summed E-state index contributed by atoms with van der Waals surface area (Å²) < 4.78 is 11.8. The number of benzene rings is 3. The number of ether oxygens (including phenoxy) is 2. The molecule has 0 saturated heterocycles. The molecule has 0 unspecified atom stereocenters. The summed E-state index contributed by atoms with van der Waals surface area (Å²) in [4.78, 5) is 18.5. The van der Waals surface area contributed by atoms with E-state index in [2.05, 4.69) is 10.9 Å². The number of amides is 1. The number of nitrogens with one attached hydrogen (secondary N) is 2. The van der Waals surface area contributed by atoms with Crippen molar-refractivity contribution in [2.24, 2.45) is 4.99 Å². The van der Waals surface area contributed by atoms with E-state index < -0.39 is 11.6 Å². The van der Waals surface area contributed by atoms with Crippen molar-refractivity contribution in [2.45, 2.75) is 37.8 Å². The van der Waals surface area contributed by atoms with Crippen molar-refractivity contribution < 1.29 is 19.4 Å². The molecule has 7 nitrogen and oxygen atoms in total. The molecule has 0 radical (unpaired) electrons. The van der Waals surface area contributed by atoms with E-state index in [4.69, 9.17) is 31.2 Å². The minimum atomic E-state index is -1.15. The number of aliphatic hydroxyl groups excluding tert-OH is 1. The number of aliphatic imine (C=N–C) groups is 1. The van der Waals surface area contributed by atoms with Crippen LogP contribution >= 0.6 is 11.6 Å². The van der Waals surface area contributed by atoms with E-state index in [0.717, 1.165) is 16.7 Å². The number of nitrogens with zero attached hydrogens (tertiary/aromatic N) is 1. The lowest BCUT2D eigenvalue weighted by Crippen LogP contribution is -2.56. The van der Waals surface area contributed by atoms with Gasteiger partial charge in [-0.15, -0.1) is 0 Å². The van der Waals surface area contributed by atoms with Crippen LogP contribution in [0.25, 0.3) is 0 Å². The first-order valence-electron chi connectivity index (χ1n) is 12.4. The fraction of sp³-hybridized carbons (Fsp3) is 0.310. The van der Waals surface area contributed by atoms with E-state index in [1.165, 1.54) is 0 Å². The van der Waals surface area contributed by atoms with Crippen LogP contribution in [-0.4, -0.2) is 48.3 Å². The van der Waals surface area contributed by atoms with Crippen LogP contribution in [-0.2, 0) is 22.4 Å². The summed E-state index contributed by atoms with van der Waals surface area (Å²) >= 11 is 6.25. The molecule has 0 saturated carbocycles. The number of aliphatic hydroxyl groups is 1. The van der Waals surface area contributed by atoms with Gasteiger partial charge in [-0.05, 0) is 54.8 Å². The van der Waals surface area contributed by atoms with Crippen LogP contribution in [0.15, 0.2) is 83.9 Å². The molecule has 8 heteroatoms. The Balaban J connectivity index is 1.50. The Morgan fingerprint density at radius 1 is 1.08 bits per heavy atom. The van der Waals surface area contributed by atoms with Gasteiger partial charge in [0.1, 0.15) is 11.9 Å². The molecule has 0 bridgehead atoms. The summed E-state index contributed by atoms with van der Waals surface area (Å²) in [6.45, 7) is 2.91. The number of halogens is 1. The lowest BCUT2D eigenvalue weighted by molar-refractivity contribution is -0.129. The largest absolute Gasteiger partial charge is 0.494 e. The van der Waals surface area contributed by atoms with Crippen LogP contribution in [0.2, 0.25) is 5.02 Å². The number of hydrogen-bond acceptors (Lipinski definition) is 6. The topological polar surface area (TPSA) is 92.2 Å². The Morgan fingerprint density at radius 2 is 1.81 bits per heavy atom. The maximum Gasteiger partial charge on any atom is 0.266 e. The standard InChI is InChI=1S/C29H32ClN3O4/c1-21-29(20-22-8-3-2-4-9-22,28(35)33-31-17-16-23-10-5-6-11-26(23)30)32-27(37-21)24-12-14-25(15-13-24)36-19-7-18-34/h2-6,8-15,21,31,34H,7,16-20H2,1H3,(H,33,35)/t21-,29-/m0/s1. The molecule has 0 spiro atoms. The fourth-order valence-corrected chi connectivity index (χ4v) is 4.43. The highest BCUT2D eigenvalue weighted by atomic mass is 35.5. The molecule has 0 fully saturated rings. The highest BCUT2D eigenvalue weighted by Crippen LogP contribution is 2.32. The molecule has 1 aliphatic rings. The molecule has 0 aromatic heterocycles. The zero-order valence-corrected chi connectivity index (χ0v) is 21.6. The first-order valence-corrected chi connectivity index (χ1v) is 12.8. The van der Waals surface area contributed by atoms with Gasteiger partial charge < -0.3 is 14.6 Å². The van der Waals surface area contributed by atoms with Crippen molar-refractivity contribution >= 4 is 23.4 Å². The van der Waals surface area contributed by atoms with Gasteiger partial charge in [0.2, 0.25) is 5.90 Å². The van der Waals surface area contributed by atoms with Gasteiger partial charge in [0.15, 0.2) is 5.54 Å². The minimum absolute atomic E-state index is 0.0844. The molecule has 37 heavy (non-hydrogen) atoms. The third-order valence-electron chi connectivity index (χ3n) is 6.32. The predicted molar refractivity (Wildman–Crippen MR) is 145 cm³/mol. The SMILES string of the molecule is C[C@@H]1OC(c2ccc(OCCCO)cc2)=N[C@]1(Cc1ccccc1)C(=O)NNCCc1ccccc1Cl. The first kappa shape index (κ1) is 26.7. The van der Waals surface area contributed by atoms with Crippen LogP contribution in [0.4, 0.5) is 0 Å². The lowest BCUT2D eigenvalue weighted by atomic mass is 9.86. The number of carbonyl (C=O) groups is 1. The zero-order chi connectivity index (χ0) is 26.1. The summed E-state index contributed by atoms with van der Waals surface area (Å²) in [5.74, 6) is 0.846. The van der Waals surface area contributed by atoms with Crippen LogP contribution in [0.1, 0.15) is 30.0 Å². The first-order chi connectivity index (χ1) is 18.0. The molecular weight excluding hydrogens is 490 g/mol. The number of hydrazine groups is 1. The van der Waals surface area contributed by atoms with Crippen LogP contribution < -0.4 is 15.6 Å². The van der Waals surface area contributed by atoms with E-state index in [0.29, 0.717) is 49.1 Å². The van der Waals surface area contributed by atoms with Crippen LogP contribution in [0.3, 0.4) is 0 Å². The van der Waals surface area contributed by atoms with Gasteiger partial charge in [-0.3, -0.25) is 10.2 Å². The molecule has 1 heterocycles. The van der Waals surface area contributed by atoms with E-state index in [1.54, 1.807) is 0 Å². The summed E-state index contributed by atoms with van der Waals surface area (Å²) in [6.07, 6.45) is 1.13. The van der Waals surface area contributed by atoms with Gasteiger partial charge in [0, 0.05) is 36.6 Å². The normalized spacial score (nSPS) is 18.7. The molecule has 3 aromatic carbocycles. The van der Waals surface area contributed by atoms with Crippen molar-refractivity contribution in [1.82, 2.24) is 10.9 Å². The van der Waals surface area contributed by atoms with Crippen molar-refractivity contribution in [3.05, 3.63) is 101 Å². The molecule has 4 rings (SSSR count). The second-order valence-corrected chi connectivity index (χ2v) is 9.34. The highest BCUT2D eigenvalue weighted by Gasteiger charge is 2.50. The van der Waals surface area contributed by atoms with E-state index in [9.17, 15) is 4.79 Å². The average Bonchev–Trinajstić information content (AvgIpc) is 3.25. The van der Waals surface area contributed by atoms with E-state index in [-0.39, 0.29) is 12.5 Å². The monoisotopic (exact) mass is 521 g/mol. The van der Waals surface area contributed by atoms with Gasteiger partial charge in [-0.1, -0.05) is 60.1 Å². The van der Waals surface area contributed by atoms with Gasteiger partial charge >= 0.3 is 0 Å². The Kier molecular flexibility index (Phi) is 9.17. The van der Waals surface area contributed by atoms with Gasteiger partial charge in [-0.25, -0.2) is 10.4 Å². The summed E-state index contributed by atoms with van der Waals surface area (Å²) in [7, 11) is 0. The Hall–Kier alpha value is -3.39. The predicted octanol–water partition coefficient (Wildman–Crippen LogP) is 4.11. The molecule has 194 valence electrons. The number of rotatable bonds is 12. The summed E-state index contributed by atoms with van der Waals surface area (Å²) in [6, 6.07) is 24.8. The van der Waals surface area contributed by atoms with E-state index in [1.807, 2.05) is 85.8 Å². The number of hydrogen-bond donors (Lipinski definition) is 3. The molecule has 3 N–H and O–H groups in total. The quantitative estimate of drug-likeness (QED) is 0.246. The van der Waals surface area contributed by atoms with Gasteiger partial charge in [0.05, 0.1) is 6.61 Å². The minimum Gasteiger partial charge on any atom is -0.494 e. The average molecular weight is 522 g/mol. The smallest absolute Gasteiger partial charge is 0.266 e. The van der Waals surface area contributed by atoms with Crippen molar-refractivity contribution in [3.8, 4) is 5.75 Å². The molecule has 1 amide bonds. The molecule has 2 atom stereocenters. The summed E-state index contributed by atoms with van der Waals surface area (Å²) in [5, 5.41) is 9.63. The van der Waals surface area contributed by atoms with Crippen molar-refractivity contribution in [2.75, 3.05) is 19.8 Å². The molecular formula is C29H32ClN3O4.